The summed E-state index contributed by atoms with van der Waals surface area (Å²) in [6.45, 7) is 2.09. The molecule has 0 saturated carbocycles. The Kier molecular flexibility index (Phi) is 7.69. The zero-order chi connectivity index (χ0) is 13.8. The maximum absolute atomic E-state index is 12.1. The molecule has 1 unspecified atom stereocenters. The Hall–Kier alpha value is -0.530. The van der Waals surface area contributed by atoms with Gasteiger partial charge >= 0.3 is 0 Å². The molecule has 0 heterocycles. The Balaban J connectivity index is 0.00000324. The number of nitrogens with two attached hydrogens (primary N) is 1. The number of halogens is 2. The number of methoxy groups -OCH3 is 1. The smallest absolute Gasteiger partial charge is 0.244 e. The van der Waals surface area contributed by atoms with Crippen LogP contribution in [-0.4, -0.2) is 28.1 Å². The Morgan fingerprint density at radius 2 is 2.11 bits per heavy atom. The van der Waals surface area contributed by atoms with Crippen molar-refractivity contribution in [2.75, 3.05) is 13.7 Å². The molecule has 1 aromatic rings. The van der Waals surface area contributed by atoms with Gasteiger partial charge in [-0.25, -0.2) is 13.1 Å². The minimum atomic E-state index is -3.64. The first-order chi connectivity index (χ1) is 8.36. The highest BCUT2D eigenvalue weighted by Gasteiger charge is 2.19. The Morgan fingerprint density at radius 3 is 2.63 bits per heavy atom. The summed E-state index contributed by atoms with van der Waals surface area (Å²) in [5.74, 6) is 0.257. The van der Waals surface area contributed by atoms with Crippen molar-refractivity contribution < 1.29 is 13.2 Å². The first kappa shape index (κ1) is 18.5. The Bertz CT molecular complexity index is 507. The van der Waals surface area contributed by atoms with Crippen LogP contribution in [0.5, 0.6) is 5.75 Å². The minimum Gasteiger partial charge on any atom is -0.495 e. The van der Waals surface area contributed by atoms with Gasteiger partial charge in [-0.05, 0) is 31.5 Å². The molecule has 0 saturated heterocycles. The lowest BCUT2D eigenvalue weighted by Crippen LogP contribution is -2.29. The molecule has 0 aliphatic heterocycles. The van der Waals surface area contributed by atoms with Crippen molar-refractivity contribution >= 4 is 34.0 Å². The van der Waals surface area contributed by atoms with E-state index in [4.69, 9.17) is 22.1 Å². The second-order valence-corrected chi connectivity index (χ2v) is 6.13. The average molecular weight is 329 g/mol. The van der Waals surface area contributed by atoms with Gasteiger partial charge in [0.15, 0.2) is 0 Å². The van der Waals surface area contributed by atoms with E-state index in [0.29, 0.717) is 11.4 Å². The summed E-state index contributed by atoms with van der Waals surface area (Å²) >= 11 is 5.80. The Morgan fingerprint density at radius 1 is 1.47 bits per heavy atom. The van der Waals surface area contributed by atoms with E-state index in [-0.39, 0.29) is 35.6 Å². The molecule has 0 aliphatic rings. The Labute approximate surface area is 124 Å². The van der Waals surface area contributed by atoms with Gasteiger partial charge in [0.1, 0.15) is 10.6 Å². The van der Waals surface area contributed by atoms with Crippen LogP contribution >= 0.6 is 24.0 Å². The van der Waals surface area contributed by atoms with Crippen LogP contribution in [0.3, 0.4) is 0 Å². The largest absolute Gasteiger partial charge is 0.495 e. The van der Waals surface area contributed by atoms with Crippen LogP contribution in [0, 0.1) is 0 Å². The fourth-order valence-electron chi connectivity index (χ4n) is 1.36. The molecule has 0 radical (unpaired) electrons. The van der Waals surface area contributed by atoms with Gasteiger partial charge in [-0.2, -0.15) is 0 Å². The van der Waals surface area contributed by atoms with Crippen molar-refractivity contribution in [3.05, 3.63) is 23.2 Å². The fraction of sp³-hybridized carbons (Fsp3) is 0.455. The zero-order valence-corrected chi connectivity index (χ0v) is 13.1. The quantitative estimate of drug-likeness (QED) is 0.834. The van der Waals surface area contributed by atoms with Crippen LogP contribution in [0.2, 0.25) is 5.02 Å². The molecule has 0 fully saturated rings. The number of nitrogens with one attached hydrogen (secondary N) is 1. The van der Waals surface area contributed by atoms with Gasteiger partial charge in [0.05, 0.1) is 7.11 Å². The molecule has 0 aromatic heterocycles. The standard InChI is InChI=1S/C11H17ClN2O3S.ClH/c1-8(13)5-6-14-18(15,16)11-7-9(12)3-4-10(11)17-2;/h3-4,7-8,14H,5-6,13H2,1-2H3;1H. The third-order valence-electron chi connectivity index (χ3n) is 2.31. The summed E-state index contributed by atoms with van der Waals surface area (Å²) in [6.07, 6.45) is 0.558. The van der Waals surface area contributed by atoms with Crippen molar-refractivity contribution in [3.63, 3.8) is 0 Å². The van der Waals surface area contributed by atoms with Crippen LogP contribution in [-0.2, 0) is 10.0 Å². The van der Waals surface area contributed by atoms with Gasteiger partial charge in [0, 0.05) is 17.6 Å². The summed E-state index contributed by atoms with van der Waals surface area (Å²) in [4.78, 5) is 0.0298. The second-order valence-electron chi connectivity index (χ2n) is 3.96. The summed E-state index contributed by atoms with van der Waals surface area (Å²) in [5, 5.41) is 0.336. The highest BCUT2D eigenvalue weighted by molar-refractivity contribution is 7.89. The van der Waals surface area contributed by atoms with E-state index >= 15 is 0 Å². The highest BCUT2D eigenvalue weighted by atomic mass is 35.5. The van der Waals surface area contributed by atoms with Crippen LogP contribution < -0.4 is 15.2 Å². The molecule has 110 valence electrons. The molecular formula is C11H18Cl2N2O3S. The highest BCUT2D eigenvalue weighted by Crippen LogP contribution is 2.26. The summed E-state index contributed by atoms with van der Waals surface area (Å²) < 4.78 is 31.6. The van der Waals surface area contributed by atoms with Crippen LogP contribution in [0.4, 0.5) is 0 Å². The van der Waals surface area contributed by atoms with Gasteiger partial charge in [0.2, 0.25) is 10.0 Å². The molecular weight excluding hydrogens is 311 g/mol. The average Bonchev–Trinajstić information content (AvgIpc) is 2.28. The molecule has 19 heavy (non-hydrogen) atoms. The monoisotopic (exact) mass is 328 g/mol. The molecule has 1 aromatic carbocycles. The van der Waals surface area contributed by atoms with Crippen molar-refractivity contribution in [3.8, 4) is 5.75 Å². The molecule has 0 bridgehead atoms. The molecule has 5 nitrogen and oxygen atoms in total. The van der Waals surface area contributed by atoms with E-state index in [0.717, 1.165) is 0 Å². The maximum atomic E-state index is 12.1. The van der Waals surface area contributed by atoms with Crippen molar-refractivity contribution in [2.24, 2.45) is 5.73 Å². The van der Waals surface area contributed by atoms with E-state index in [1.807, 2.05) is 6.92 Å². The van der Waals surface area contributed by atoms with Crippen LogP contribution in [0.15, 0.2) is 23.1 Å². The number of sulfonamides is 1. The molecule has 0 spiro atoms. The predicted molar refractivity (Wildman–Crippen MR) is 78.7 cm³/mol. The zero-order valence-electron chi connectivity index (χ0n) is 10.7. The lowest BCUT2D eigenvalue weighted by Gasteiger charge is -2.11. The van der Waals surface area contributed by atoms with Gasteiger partial charge in [-0.3, -0.25) is 0 Å². The topological polar surface area (TPSA) is 81.4 Å². The van der Waals surface area contributed by atoms with Crippen molar-refractivity contribution in [1.82, 2.24) is 4.72 Å². The number of benzene rings is 1. The van der Waals surface area contributed by atoms with Gasteiger partial charge in [-0.1, -0.05) is 11.6 Å². The normalized spacial score (nSPS) is 12.6. The third kappa shape index (κ3) is 5.54. The van der Waals surface area contributed by atoms with Crippen molar-refractivity contribution in [2.45, 2.75) is 24.3 Å². The van der Waals surface area contributed by atoms with E-state index in [9.17, 15) is 8.42 Å². The van der Waals surface area contributed by atoms with E-state index in [1.165, 1.54) is 19.2 Å². The third-order valence-corrected chi connectivity index (χ3v) is 4.02. The number of hydrogen-bond acceptors (Lipinski definition) is 4. The van der Waals surface area contributed by atoms with E-state index in [2.05, 4.69) is 4.72 Å². The first-order valence-electron chi connectivity index (χ1n) is 5.45. The SMILES string of the molecule is COc1ccc(Cl)cc1S(=O)(=O)NCCC(C)N.Cl. The summed E-state index contributed by atoms with van der Waals surface area (Å²) in [7, 11) is -2.23. The summed E-state index contributed by atoms with van der Waals surface area (Å²) in [5.41, 5.74) is 5.56. The molecule has 0 amide bonds. The fourth-order valence-corrected chi connectivity index (χ4v) is 2.84. The number of ether oxygens (including phenoxy) is 1. The number of hydrogen-bond donors (Lipinski definition) is 2. The molecule has 1 rings (SSSR count). The maximum Gasteiger partial charge on any atom is 0.244 e. The lowest BCUT2D eigenvalue weighted by atomic mass is 10.3. The second kappa shape index (κ2) is 7.91. The van der Waals surface area contributed by atoms with Gasteiger partial charge < -0.3 is 10.5 Å². The minimum absolute atomic E-state index is 0. The first-order valence-corrected chi connectivity index (χ1v) is 7.31. The molecule has 1 atom stereocenters. The molecule has 3 N–H and O–H groups in total. The van der Waals surface area contributed by atoms with E-state index < -0.39 is 10.0 Å². The molecule has 0 aliphatic carbocycles. The predicted octanol–water partition coefficient (Wildman–Crippen LogP) is 1.79. The van der Waals surface area contributed by atoms with Crippen LogP contribution in [0.1, 0.15) is 13.3 Å². The van der Waals surface area contributed by atoms with Gasteiger partial charge in [0.25, 0.3) is 0 Å². The molecule has 8 heteroatoms. The van der Waals surface area contributed by atoms with Crippen molar-refractivity contribution in [1.29, 1.82) is 0 Å². The lowest BCUT2D eigenvalue weighted by molar-refractivity contribution is 0.402. The summed E-state index contributed by atoms with van der Waals surface area (Å²) in [6, 6.07) is 4.38. The van der Waals surface area contributed by atoms with Gasteiger partial charge in [-0.15, -0.1) is 12.4 Å². The number of rotatable bonds is 6. The van der Waals surface area contributed by atoms with E-state index in [1.54, 1.807) is 6.07 Å². The van der Waals surface area contributed by atoms with Crippen LogP contribution in [0.25, 0.3) is 0 Å².